The zero-order chi connectivity index (χ0) is 11.7. The van der Waals surface area contributed by atoms with Crippen molar-refractivity contribution in [1.29, 1.82) is 0 Å². The highest BCUT2D eigenvalue weighted by Crippen LogP contribution is 2.23. The molecule has 0 radical (unpaired) electrons. The van der Waals surface area contributed by atoms with E-state index in [4.69, 9.17) is 5.73 Å². The molecule has 4 N–H and O–H groups in total. The number of carbonyl (C=O) groups is 2. The molecule has 0 atom stereocenters. The Morgan fingerprint density at radius 3 is 2.50 bits per heavy atom. The lowest BCUT2D eigenvalue weighted by atomic mass is 10.1. The Balaban J connectivity index is 2.32. The number of nitrogens with two attached hydrogens (primary N) is 1. The summed E-state index contributed by atoms with van der Waals surface area (Å²) in [5.41, 5.74) is 5.86. The molecule has 0 aromatic heterocycles. The van der Waals surface area contributed by atoms with Crippen LogP contribution in [0, 0.1) is 0 Å². The first kappa shape index (κ1) is 10.2. The van der Waals surface area contributed by atoms with Gasteiger partial charge < -0.3 is 16.2 Å². The van der Waals surface area contributed by atoms with Crippen LogP contribution in [-0.4, -0.2) is 16.9 Å². The van der Waals surface area contributed by atoms with Crippen molar-refractivity contribution in [2.24, 2.45) is 5.73 Å². The third kappa shape index (κ3) is 1.88. The van der Waals surface area contributed by atoms with Crippen molar-refractivity contribution < 1.29 is 14.7 Å². The van der Waals surface area contributed by atoms with E-state index in [0.717, 1.165) is 12.1 Å². The van der Waals surface area contributed by atoms with E-state index in [1.54, 1.807) is 0 Å². The summed E-state index contributed by atoms with van der Waals surface area (Å²) in [7, 11) is 0. The van der Waals surface area contributed by atoms with E-state index >= 15 is 0 Å². The smallest absolute Gasteiger partial charge is 0.259 e. The Labute approximate surface area is 91.6 Å². The van der Waals surface area contributed by atoms with E-state index in [2.05, 4.69) is 5.32 Å². The highest BCUT2D eigenvalue weighted by atomic mass is 16.3. The highest BCUT2D eigenvalue weighted by molar-refractivity contribution is 6.03. The number of para-hydroxylation sites is 1. The van der Waals surface area contributed by atoms with Gasteiger partial charge in [-0.1, -0.05) is 12.1 Å². The second-order valence-corrected chi connectivity index (χ2v) is 3.45. The van der Waals surface area contributed by atoms with Crippen molar-refractivity contribution in [3.8, 4) is 5.75 Å². The molecule has 0 saturated heterocycles. The van der Waals surface area contributed by atoms with Crippen LogP contribution >= 0.6 is 0 Å². The number of amides is 2. The summed E-state index contributed by atoms with van der Waals surface area (Å²) >= 11 is 0. The Morgan fingerprint density at radius 1 is 1.31 bits per heavy atom. The van der Waals surface area contributed by atoms with Crippen LogP contribution in [0.25, 0.3) is 0 Å². The van der Waals surface area contributed by atoms with E-state index in [9.17, 15) is 14.7 Å². The van der Waals surface area contributed by atoms with Crippen molar-refractivity contribution in [3.63, 3.8) is 0 Å². The van der Waals surface area contributed by atoms with Gasteiger partial charge in [-0.15, -0.1) is 0 Å². The molecule has 0 heterocycles. The zero-order valence-electron chi connectivity index (χ0n) is 8.36. The Hall–Kier alpha value is -2.30. The summed E-state index contributed by atoms with van der Waals surface area (Å²) in [6, 6.07) is 4.29. The molecule has 0 spiro atoms. The topological polar surface area (TPSA) is 92.4 Å². The summed E-state index contributed by atoms with van der Waals surface area (Å²) in [6.45, 7) is 0. The van der Waals surface area contributed by atoms with Gasteiger partial charge in [-0.2, -0.15) is 0 Å². The molecule has 1 aliphatic rings. The monoisotopic (exact) mass is 218 g/mol. The summed E-state index contributed by atoms with van der Waals surface area (Å²) in [5, 5.41) is 12.3. The largest absolute Gasteiger partial charge is 0.506 e. The number of hydrogen-bond acceptors (Lipinski definition) is 3. The number of phenols is 1. The van der Waals surface area contributed by atoms with Crippen molar-refractivity contribution in [2.45, 2.75) is 6.42 Å². The fourth-order valence-electron chi connectivity index (χ4n) is 1.29. The minimum atomic E-state index is -0.766. The van der Waals surface area contributed by atoms with Gasteiger partial charge in [0, 0.05) is 12.1 Å². The zero-order valence-corrected chi connectivity index (χ0v) is 8.36. The fraction of sp³-hybridized carbons (Fsp3) is 0.0909. The van der Waals surface area contributed by atoms with Gasteiger partial charge in [-0.25, -0.2) is 0 Å². The van der Waals surface area contributed by atoms with Crippen molar-refractivity contribution in [1.82, 2.24) is 5.32 Å². The number of aromatic hydroxyl groups is 1. The number of allylic oxidation sites excluding steroid dienone is 2. The lowest BCUT2D eigenvalue weighted by Gasteiger charge is -2.06. The molecule has 1 aromatic carbocycles. The molecular weight excluding hydrogens is 208 g/mol. The molecule has 0 unspecified atom stereocenters. The lowest BCUT2D eigenvalue weighted by Crippen LogP contribution is -2.20. The van der Waals surface area contributed by atoms with Crippen LogP contribution in [0.1, 0.15) is 27.1 Å². The number of nitrogens with one attached hydrogen (secondary N) is 1. The molecule has 5 heteroatoms. The number of primary amides is 1. The average molecular weight is 218 g/mol. The van der Waals surface area contributed by atoms with Gasteiger partial charge in [0.25, 0.3) is 11.8 Å². The predicted molar refractivity (Wildman–Crippen MR) is 56.8 cm³/mol. The van der Waals surface area contributed by atoms with Gasteiger partial charge in [0.2, 0.25) is 0 Å². The van der Waals surface area contributed by atoms with E-state index in [-0.39, 0.29) is 16.9 Å². The third-order valence-corrected chi connectivity index (χ3v) is 2.23. The molecule has 2 amide bonds. The average Bonchev–Trinajstić information content (AvgIpc) is 3.01. The number of rotatable bonds is 3. The van der Waals surface area contributed by atoms with Gasteiger partial charge >= 0.3 is 0 Å². The molecule has 82 valence electrons. The summed E-state index contributed by atoms with van der Waals surface area (Å²) in [4.78, 5) is 22.6. The second kappa shape index (κ2) is 3.69. The summed E-state index contributed by atoms with van der Waals surface area (Å²) in [5.74, 6) is -1.59. The van der Waals surface area contributed by atoms with Crippen LogP contribution in [0.3, 0.4) is 0 Å². The fourth-order valence-corrected chi connectivity index (χ4v) is 1.29. The van der Waals surface area contributed by atoms with Crippen molar-refractivity contribution >= 4 is 11.8 Å². The Kier molecular flexibility index (Phi) is 2.36. The Bertz CT molecular complexity index is 506. The van der Waals surface area contributed by atoms with Crippen LogP contribution in [-0.2, 0) is 0 Å². The van der Waals surface area contributed by atoms with Gasteiger partial charge in [-0.05, 0) is 12.1 Å². The van der Waals surface area contributed by atoms with Gasteiger partial charge in [-0.3, -0.25) is 9.59 Å². The second-order valence-electron chi connectivity index (χ2n) is 3.45. The van der Waals surface area contributed by atoms with Crippen LogP contribution in [0.2, 0.25) is 0 Å². The molecule has 1 aromatic rings. The summed E-state index contributed by atoms with van der Waals surface area (Å²) < 4.78 is 0. The van der Waals surface area contributed by atoms with Crippen molar-refractivity contribution in [3.05, 3.63) is 41.1 Å². The SMILES string of the molecule is NC(=O)c1cccc(C(=O)NC2=CC2)c1O. The highest BCUT2D eigenvalue weighted by Gasteiger charge is 2.19. The molecule has 0 fully saturated rings. The van der Waals surface area contributed by atoms with Crippen LogP contribution in [0.5, 0.6) is 5.75 Å². The van der Waals surface area contributed by atoms with Crippen LogP contribution in [0.4, 0.5) is 0 Å². The minimum absolute atomic E-state index is 0.0455. The molecule has 0 bridgehead atoms. The van der Waals surface area contributed by atoms with Gasteiger partial charge in [0.15, 0.2) is 0 Å². The molecular formula is C11H10N2O3. The maximum absolute atomic E-state index is 11.6. The molecule has 5 nitrogen and oxygen atoms in total. The lowest BCUT2D eigenvalue weighted by molar-refractivity contribution is 0.0965. The maximum atomic E-state index is 11.6. The number of benzene rings is 1. The van der Waals surface area contributed by atoms with Crippen LogP contribution < -0.4 is 11.1 Å². The van der Waals surface area contributed by atoms with Crippen LogP contribution in [0.15, 0.2) is 30.0 Å². The molecule has 0 saturated carbocycles. The first-order valence-electron chi connectivity index (χ1n) is 4.72. The molecule has 16 heavy (non-hydrogen) atoms. The first-order chi connectivity index (χ1) is 7.59. The number of hydrogen-bond donors (Lipinski definition) is 3. The number of carbonyl (C=O) groups excluding carboxylic acids is 2. The van der Waals surface area contributed by atoms with Gasteiger partial charge in [0.05, 0.1) is 11.1 Å². The molecule has 0 aliphatic heterocycles. The van der Waals surface area contributed by atoms with E-state index in [1.165, 1.54) is 18.2 Å². The minimum Gasteiger partial charge on any atom is -0.506 e. The predicted octanol–water partition coefficient (Wildman–Crippen LogP) is 0.508. The van der Waals surface area contributed by atoms with E-state index < -0.39 is 11.8 Å². The summed E-state index contributed by atoms with van der Waals surface area (Å²) in [6.07, 6.45) is 2.59. The third-order valence-electron chi connectivity index (χ3n) is 2.23. The van der Waals surface area contributed by atoms with E-state index in [0.29, 0.717) is 0 Å². The molecule has 2 rings (SSSR count). The van der Waals surface area contributed by atoms with Crippen molar-refractivity contribution in [2.75, 3.05) is 0 Å². The Morgan fingerprint density at radius 2 is 1.94 bits per heavy atom. The maximum Gasteiger partial charge on any atom is 0.259 e. The standard InChI is InChI=1S/C11H10N2O3/c12-10(15)7-2-1-3-8(9(7)14)11(16)13-6-4-5-6/h1-4,14H,5H2,(H2,12,15)(H,13,16). The van der Waals surface area contributed by atoms with Gasteiger partial charge in [0.1, 0.15) is 5.75 Å². The molecule has 1 aliphatic carbocycles. The van der Waals surface area contributed by atoms with E-state index in [1.807, 2.05) is 6.08 Å². The first-order valence-corrected chi connectivity index (χ1v) is 4.72. The normalized spacial score (nSPS) is 12.9. The quantitative estimate of drug-likeness (QED) is 0.690.